The lowest BCUT2D eigenvalue weighted by molar-refractivity contribution is 0.303. The number of phenolic OH excluding ortho intramolecular Hbond substituents is 1. The zero-order valence-electron chi connectivity index (χ0n) is 9.06. The van der Waals surface area contributed by atoms with Crippen molar-refractivity contribution in [3.05, 3.63) is 52.5 Å². The van der Waals surface area contributed by atoms with Crippen LogP contribution in [0.1, 0.15) is 5.56 Å². The first kappa shape index (κ1) is 11.8. The smallest absolute Gasteiger partial charge is 0.136 e. The number of ether oxygens (including phenoxy) is 1. The molecule has 2 rings (SSSR count). The van der Waals surface area contributed by atoms with E-state index in [4.69, 9.17) is 10.5 Å². The number of hydrogen-bond acceptors (Lipinski definition) is 3. The minimum absolute atomic E-state index is 0.234. The maximum atomic E-state index is 9.32. The molecule has 0 saturated heterocycles. The average molecular weight is 294 g/mol. The second-order valence-corrected chi connectivity index (χ2v) is 4.41. The molecule has 0 radical (unpaired) electrons. The SMILES string of the molecule is Nc1cccc(OCc2cccc(O)c2)c1Br. The zero-order valence-corrected chi connectivity index (χ0v) is 10.6. The van der Waals surface area contributed by atoms with Crippen LogP contribution in [-0.4, -0.2) is 5.11 Å². The summed E-state index contributed by atoms with van der Waals surface area (Å²) in [6, 6.07) is 12.4. The van der Waals surface area contributed by atoms with Gasteiger partial charge in [-0.3, -0.25) is 0 Å². The Balaban J connectivity index is 2.10. The number of anilines is 1. The molecule has 0 amide bonds. The van der Waals surface area contributed by atoms with Gasteiger partial charge in [0.25, 0.3) is 0 Å². The second kappa shape index (κ2) is 5.10. The molecule has 0 unspecified atom stereocenters. The van der Waals surface area contributed by atoms with Gasteiger partial charge in [-0.1, -0.05) is 18.2 Å². The molecule has 0 aromatic heterocycles. The number of nitrogen functional groups attached to an aromatic ring is 1. The van der Waals surface area contributed by atoms with Crippen molar-refractivity contribution in [2.45, 2.75) is 6.61 Å². The predicted octanol–water partition coefficient (Wildman–Crippen LogP) is 3.32. The van der Waals surface area contributed by atoms with E-state index in [1.165, 1.54) is 0 Å². The largest absolute Gasteiger partial charge is 0.508 e. The van der Waals surface area contributed by atoms with Crippen LogP contribution in [0.25, 0.3) is 0 Å². The van der Waals surface area contributed by atoms with Crippen molar-refractivity contribution in [2.24, 2.45) is 0 Å². The van der Waals surface area contributed by atoms with E-state index in [-0.39, 0.29) is 5.75 Å². The van der Waals surface area contributed by atoms with E-state index in [0.29, 0.717) is 18.0 Å². The number of halogens is 1. The maximum absolute atomic E-state index is 9.32. The quantitative estimate of drug-likeness (QED) is 0.854. The van der Waals surface area contributed by atoms with Crippen molar-refractivity contribution in [3.63, 3.8) is 0 Å². The standard InChI is InChI=1S/C13H12BrNO2/c14-13-11(15)5-2-6-12(13)17-8-9-3-1-4-10(16)7-9/h1-7,16H,8,15H2. The van der Waals surface area contributed by atoms with Crippen LogP contribution >= 0.6 is 15.9 Å². The van der Waals surface area contributed by atoms with Crippen molar-refractivity contribution in [2.75, 3.05) is 5.73 Å². The molecule has 0 atom stereocenters. The molecular formula is C13H12BrNO2. The Bertz CT molecular complexity index is 529. The zero-order chi connectivity index (χ0) is 12.3. The van der Waals surface area contributed by atoms with Gasteiger partial charge in [0, 0.05) is 5.69 Å². The van der Waals surface area contributed by atoms with Crippen LogP contribution in [0, 0.1) is 0 Å². The van der Waals surface area contributed by atoms with Crippen LogP contribution in [0.15, 0.2) is 46.9 Å². The molecule has 0 aliphatic carbocycles. The fourth-order valence-electron chi connectivity index (χ4n) is 1.45. The highest BCUT2D eigenvalue weighted by Crippen LogP contribution is 2.30. The lowest BCUT2D eigenvalue weighted by atomic mass is 10.2. The van der Waals surface area contributed by atoms with Gasteiger partial charge in [-0.25, -0.2) is 0 Å². The van der Waals surface area contributed by atoms with Crippen molar-refractivity contribution < 1.29 is 9.84 Å². The topological polar surface area (TPSA) is 55.5 Å². The first-order valence-corrected chi connectivity index (χ1v) is 5.91. The lowest BCUT2D eigenvalue weighted by Gasteiger charge is -2.09. The first-order chi connectivity index (χ1) is 8.16. The van der Waals surface area contributed by atoms with Gasteiger partial charge in [0.2, 0.25) is 0 Å². The van der Waals surface area contributed by atoms with Gasteiger partial charge < -0.3 is 15.6 Å². The summed E-state index contributed by atoms with van der Waals surface area (Å²) >= 11 is 3.37. The van der Waals surface area contributed by atoms with Crippen molar-refractivity contribution >= 4 is 21.6 Å². The number of phenols is 1. The minimum Gasteiger partial charge on any atom is -0.508 e. The van der Waals surface area contributed by atoms with Crippen molar-refractivity contribution in [1.29, 1.82) is 0 Å². The number of rotatable bonds is 3. The average Bonchev–Trinajstić information content (AvgIpc) is 2.31. The van der Waals surface area contributed by atoms with Gasteiger partial charge in [0.05, 0.1) is 4.47 Å². The van der Waals surface area contributed by atoms with E-state index in [1.54, 1.807) is 24.3 Å². The molecule has 3 N–H and O–H groups in total. The Morgan fingerprint density at radius 2 is 1.94 bits per heavy atom. The summed E-state index contributed by atoms with van der Waals surface area (Å²) in [5.74, 6) is 0.922. The third kappa shape index (κ3) is 2.91. The molecule has 0 bridgehead atoms. The Kier molecular flexibility index (Phi) is 3.54. The lowest BCUT2D eigenvalue weighted by Crippen LogP contribution is -1.97. The van der Waals surface area contributed by atoms with Crippen molar-refractivity contribution in [1.82, 2.24) is 0 Å². The minimum atomic E-state index is 0.234. The van der Waals surface area contributed by atoms with E-state index in [0.717, 1.165) is 10.0 Å². The van der Waals surface area contributed by atoms with Gasteiger partial charge in [-0.15, -0.1) is 0 Å². The van der Waals surface area contributed by atoms with E-state index in [9.17, 15) is 5.11 Å². The van der Waals surface area contributed by atoms with Gasteiger partial charge in [-0.05, 0) is 45.8 Å². The Morgan fingerprint density at radius 3 is 2.71 bits per heavy atom. The molecule has 0 saturated carbocycles. The van der Waals surface area contributed by atoms with Gasteiger partial charge in [0.1, 0.15) is 18.1 Å². The molecule has 2 aromatic carbocycles. The van der Waals surface area contributed by atoms with Crippen LogP contribution in [0.3, 0.4) is 0 Å². The van der Waals surface area contributed by atoms with Gasteiger partial charge >= 0.3 is 0 Å². The molecule has 0 spiro atoms. The molecule has 0 heterocycles. The summed E-state index contributed by atoms with van der Waals surface area (Å²) < 4.78 is 6.37. The van der Waals surface area contributed by atoms with Crippen LogP contribution < -0.4 is 10.5 Å². The highest BCUT2D eigenvalue weighted by molar-refractivity contribution is 9.10. The molecular weight excluding hydrogens is 282 g/mol. The van der Waals surface area contributed by atoms with Crippen molar-refractivity contribution in [3.8, 4) is 11.5 Å². The van der Waals surface area contributed by atoms with Crippen LogP contribution in [0.5, 0.6) is 11.5 Å². The molecule has 3 nitrogen and oxygen atoms in total. The third-order valence-electron chi connectivity index (χ3n) is 2.30. The Hall–Kier alpha value is -1.68. The third-order valence-corrected chi connectivity index (χ3v) is 3.15. The summed E-state index contributed by atoms with van der Waals surface area (Å²) in [6.45, 7) is 0.385. The molecule has 4 heteroatoms. The van der Waals surface area contributed by atoms with E-state index in [2.05, 4.69) is 15.9 Å². The predicted molar refractivity (Wildman–Crippen MR) is 71.0 cm³/mol. The molecule has 0 aliphatic rings. The summed E-state index contributed by atoms with van der Waals surface area (Å²) in [7, 11) is 0. The monoisotopic (exact) mass is 293 g/mol. The number of hydrogen-bond donors (Lipinski definition) is 2. The van der Waals surface area contributed by atoms with E-state index in [1.807, 2.05) is 18.2 Å². The number of benzene rings is 2. The molecule has 0 aliphatic heterocycles. The fraction of sp³-hybridized carbons (Fsp3) is 0.0769. The van der Waals surface area contributed by atoms with Crippen LogP contribution in [0.2, 0.25) is 0 Å². The Labute approximate surface area is 108 Å². The molecule has 0 fully saturated rings. The van der Waals surface area contributed by atoms with Crippen LogP contribution in [0.4, 0.5) is 5.69 Å². The second-order valence-electron chi connectivity index (χ2n) is 3.62. The maximum Gasteiger partial charge on any atom is 0.136 e. The Morgan fingerprint density at radius 1 is 1.18 bits per heavy atom. The normalized spacial score (nSPS) is 10.2. The molecule has 88 valence electrons. The van der Waals surface area contributed by atoms with E-state index < -0.39 is 0 Å². The number of nitrogens with two attached hydrogens (primary N) is 1. The fourth-order valence-corrected chi connectivity index (χ4v) is 1.83. The van der Waals surface area contributed by atoms with Gasteiger partial charge in [0.15, 0.2) is 0 Å². The highest BCUT2D eigenvalue weighted by Gasteiger charge is 2.04. The summed E-state index contributed by atoms with van der Waals surface area (Å²) in [4.78, 5) is 0. The molecule has 17 heavy (non-hydrogen) atoms. The number of aromatic hydroxyl groups is 1. The summed E-state index contributed by atoms with van der Waals surface area (Å²) in [5, 5.41) is 9.32. The van der Waals surface area contributed by atoms with Crippen LogP contribution in [-0.2, 0) is 6.61 Å². The van der Waals surface area contributed by atoms with Gasteiger partial charge in [-0.2, -0.15) is 0 Å². The summed E-state index contributed by atoms with van der Waals surface area (Å²) in [5.41, 5.74) is 7.29. The first-order valence-electron chi connectivity index (χ1n) is 5.11. The molecule has 2 aromatic rings. The summed E-state index contributed by atoms with van der Waals surface area (Å²) in [6.07, 6.45) is 0. The van der Waals surface area contributed by atoms with E-state index >= 15 is 0 Å². The highest BCUT2D eigenvalue weighted by atomic mass is 79.9.